The molecule has 7 nitrogen and oxygen atoms in total. The van der Waals surface area contributed by atoms with Crippen LogP contribution in [0, 0.1) is 11.6 Å². The van der Waals surface area contributed by atoms with Crippen LogP contribution < -0.4 is 9.46 Å². The Bertz CT molecular complexity index is 903. The molecule has 0 saturated heterocycles. The summed E-state index contributed by atoms with van der Waals surface area (Å²) >= 11 is 2.81. The molecule has 0 unspecified atom stereocenters. The maximum atomic E-state index is 14.0. The predicted molar refractivity (Wildman–Crippen MR) is 94.3 cm³/mol. The summed E-state index contributed by atoms with van der Waals surface area (Å²) in [7, 11) is -4.32. The van der Waals surface area contributed by atoms with Crippen LogP contribution >= 0.6 is 15.9 Å². The zero-order valence-corrected chi connectivity index (χ0v) is 17.0. The SMILES string of the molecule is CCn1c(OC(C)C)nnc1[C@@H](C)NS(=O)(=O)c1cc(F)c(Br)cc1F. The number of aromatic nitrogens is 3. The van der Waals surface area contributed by atoms with Crippen molar-refractivity contribution >= 4 is 26.0 Å². The molecule has 0 fully saturated rings. The summed E-state index contributed by atoms with van der Waals surface area (Å²) < 4.78 is 61.8. The van der Waals surface area contributed by atoms with Crippen molar-refractivity contribution in [2.45, 2.75) is 51.3 Å². The molecule has 1 heterocycles. The van der Waals surface area contributed by atoms with Gasteiger partial charge in [-0.05, 0) is 55.8 Å². The van der Waals surface area contributed by atoms with Gasteiger partial charge in [0.25, 0.3) is 0 Å². The Labute approximate surface area is 158 Å². The van der Waals surface area contributed by atoms with Gasteiger partial charge in [-0.15, -0.1) is 5.10 Å². The minimum absolute atomic E-state index is 0.135. The number of rotatable bonds is 7. The lowest BCUT2D eigenvalue weighted by atomic mass is 10.3. The molecule has 1 aromatic carbocycles. The van der Waals surface area contributed by atoms with Crippen LogP contribution in [0.15, 0.2) is 21.5 Å². The second-order valence-corrected chi connectivity index (χ2v) is 8.33. The number of sulfonamides is 1. The van der Waals surface area contributed by atoms with Crippen molar-refractivity contribution in [1.29, 1.82) is 0 Å². The Balaban J connectivity index is 2.33. The molecular weight excluding hydrogens is 434 g/mol. The largest absolute Gasteiger partial charge is 0.461 e. The van der Waals surface area contributed by atoms with Gasteiger partial charge in [0.15, 0.2) is 5.82 Å². The van der Waals surface area contributed by atoms with Gasteiger partial charge in [-0.2, -0.15) is 0 Å². The molecule has 0 spiro atoms. The number of halogens is 3. The summed E-state index contributed by atoms with van der Waals surface area (Å²) in [5.74, 6) is -1.66. The second-order valence-electron chi connectivity index (χ2n) is 5.79. The molecule has 0 aliphatic heterocycles. The van der Waals surface area contributed by atoms with E-state index in [4.69, 9.17) is 4.74 Å². The number of benzene rings is 1. The number of nitrogens with zero attached hydrogens (tertiary/aromatic N) is 3. The topological polar surface area (TPSA) is 86.1 Å². The highest BCUT2D eigenvalue weighted by molar-refractivity contribution is 9.10. The average Bonchev–Trinajstić information content (AvgIpc) is 2.92. The molecule has 1 aromatic heterocycles. The predicted octanol–water partition coefficient (Wildman–Crippen LogP) is 3.17. The van der Waals surface area contributed by atoms with Gasteiger partial charge in [-0.1, -0.05) is 5.10 Å². The minimum atomic E-state index is -4.32. The highest BCUT2D eigenvalue weighted by Gasteiger charge is 2.27. The summed E-state index contributed by atoms with van der Waals surface area (Å²) in [6, 6.07) is 0.789. The maximum absolute atomic E-state index is 14.0. The van der Waals surface area contributed by atoms with Gasteiger partial charge in [0.2, 0.25) is 10.0 Å². The molecule has 2 rings (SSSR count). The van der Waals surface area contributed by atoms with Crippen molar-refractivity contribution in [1.82, 2.24) is 19.5 Å². The first-order valence-corrected chi connectivity index (χ1v) is 10.1. The Hall–Kier alpha value is -1.59. The highest BCUT2D eigenvalue weighted by Crippen LogP contribution is 2.25. The lowest BCUT2D eigenvalue weighted by Crippen LogP contribution is -2.29. The third-order valence-corrected chi connectivity index (χ3v) is 5.55. The van der Waals surface area contributed by atoms with Gasteiger partial charge in [0.1, 0.15) is 16.5 Å². The van der Waals surface area contributed by atoms with Crippen LogP contribution in [0.2, 0.25) is 0 Å². The zero-order valence-electron chi connectivity index (χ0n) is 14.6. The van der Waals surface area contributed by atoms with E-state index >= 15 is 0 Å². The lowest BCUT2D eigenvalue weighted by molar-refractivity contribution is 0.211. The number of ether oxygens (including phenoxy) is 1. The van der Waals surface area contributed by atoms with Crippen LogP contribution in [-0.2, 0) is 16.6 Å². The second kappa shape index (κ2) is 7.97. The van der Waals surface area contributed by atoms with E-state index in [0.29, 0.717) is 18.4 Å². The summed E-state index contributed by atoms with van der Waals surface area (Å²) in [6.45, 7) is 7.44. The molecule has 144 valence electrons. The van der Waals surface area contributed by atoms with Crippen molar-refractivity contribution in [3.8, 4) is 6.01 Å². The zero-order chi connectivity index (χ0) is 19.6. The van der Waals surface area contributed by atoms with E-state index < -0.39 is 32.6 Å². The summed E-state index contributed by atoms with van der Waals surface area (Å²) in [5, 5.41) is 7.87. The Morgan fingerprint density at radius 2 is 1.88 bits per heavy atom. The standard InChI is InChI=1S/C15H19BrF2N4O3S/c1-5-22-14(19-20-15(22)25-8(2)3)9(4)21-26(23,24)13-7-11(17)10(16)6-12(13)18/h6-9,21H,5H2,1-4H3/t9-/m1/s1. The van der Waals surface area contributed by atoms with Gasteiger partial charge in [0.05, 0.1) is 16.6 Å². The van der Waals surface area contributed by atoms with Crippen molar-refractivity contribution in [3.05, 3.63) is 34.1 Å². The Morgan fingerprint density at radius 1 is 1.23 bits per heavy atom. The van der Waals surface area contributed by atoms with Crippen LogP contribution in [0.3, 0.4) is 0 Å². The van der Waals surface area contributed by atoms with E-state index in [1.807, 2.05) is 20.8 Å². The van der Waals surface area contributed by atoms with Crippen LogP contribution in [0.25, 0.3) is 0 Å². The molecule has 0 amide bonds. The van der Waals surface area contributed by atoms with Gasteiger partial charge in [0, 0.05) is 6.54 Å². The van der Waals surface area contributed by atoms with E-state index in [1.165, 1.54) is 6.92 Å². The van der Waals surface area contributed by atoms with Gasteiger partial charge >= 0.3 is 6.01 Å². The smallest absolute Gasteiger partial charge is 0.317 e. The quantitative estimate of drug-likeness (QED) is 0.651. The molecule has 0 aliphatic rings. The molecule has 1 atom stereocenters. The van der Waals surface area contributed by atoms with E-state index in [-0.39, 0.29) is 16.6 Å². The molecule has 0 radical (unpaired) electrons. The molecule has 26 heavy (non-hydrogen) atoms. The Kier molecular flexibility index (Phi) is 6.35. The first-order valence-electron chi connectivity index (χ1n) is 7.83. The van der Waals surface area contributed by atoms with Crippen LogP contribution in [0.4, 0.5) is 8.78 Å². The molecule has 0 bridgehead atoms. The number of hydrogen-bond donors (Lipinski definition) is 1. The molecule has 0 aliphatic carbocycles. The van der Waals surface area contributed by atoms with Crippen molar-refractivity contribution in [3.63, 3.8) is 0 Å². The fraction of sp³-hybridized carbons (Fsp3) is 0.467. The summed E-state index contributed by atoms with van der Waals surface area (Å²) in [4.78, 5) is -0.786. The molecular formula is C15H19BrF2N4O3S. The number of hydrogen-bond acceptors (Lipinski definition) is 5. The fourth-order valence-electron chi connectivity index (χ4n) is 2.27. The summed E-state index contributed by atoms with van der Waals surface area (Å²) in [6.07, 6.45) is -0.135. The van der Waals surface area contributed by atoms with Crippen molar-refractivity contribution in [2.24, 2.45) is 0 Å². The third-order valence-electron chi connectivity index (χ3n) is 3.39. The van der Waals surface area contributed by atoms with Crippen molar-refractivity contribution < 1.29 is 21.9 Å². The van der Waals surface area contributed by atoms with Crippen LogP contribution in [0.5, 0.6) is 6.01 Å². The third kappa shape index (κ3) is 4.38. The van der Waals surface area contributed by atoms with Crippen LogP contribution in [-0.4, -0.2) is 29.3 Å². The van der Waals surface area contributed by atoms with Gasteiger partial charge in [-0.3, -0.25) is 4.57 Å². The molecule has 0 saturated carbocycles. The first-order chi connectivity index (χ1) is 12.1. The van der Waals surface area contributed by atoms with E-state index in [1.54, 1.807) is 4.57 Å². The minimum Gasteiger partial charge on any atom is -0.461 e. The molecule has 11 heteroatoms. The van der Waals surface area contributed by atoms with Crippen LogP contribution in [0.1, 0.15) is 39.6 Å². The maximum Gasteiger partial charge on any atom is 0.317 e. The normalized spacial score (nSPS) is 13.2. The van der Waals surface area contributed by atoms with Gasteiger partial charge in [-0.25, -0.2) is 21.9 Å². The average molecular weight is 453 g/mol. The first kappa shape index (κ1) is 20.7. The molecule has 1 N–H and O–H groups in total. The fourth-order valence-corrected chi connectivity index (χ4v) is 3.86. The highest BCUT2D eigenvalue weighted by atomic mass is 79.9. The molecule has 2 aromatic rings. The van der Waals surface area contributed by atoms with Gasteiger partial charge < -0.3 is 4.74 Å². The Morgan fingerprint density at radius 3 is 2.46 bits per heavy atom. The van der Waals surface area contributed by atoms with E-state index in [0.717, 1.165) is 6.07 Å². The van der Waals surface area contributed by atoms with Crippen molar-refractivity contribution in [2.75, 3.05) is 0 Å². The summed E-state index contributed by atoms with van der Waals surface area (Å²) in [5.41, 5.74) is 0. The van der Waals surface area contributed by atoms with E-state index in [2.05, 4.69) is 30.8 Å². The number of nitrogens with one attached hydrogen (secondary N) is 1. The van der Waals surface area contributed by atoms with E-state index in [9.17, 15) is 17.2 Å². The lowest BCUT2D eigenvalue weighted by Gasteiger charge is -2.16. The monoisotopic (exact) mass is 452 g/mol.